The van der Waals surface area contributed by atoms with Crippen LogP contribution < -0.4 is 10.5 Å². The van der Waals surface area contributed by atoms with Gasteiger partial charge >= 0.3 is 0 Å². The average molecular weight is 334 g/mol. The van der Waals surface area contributed by atoms with Gasteiger partial charge in [-0.25, -0.2) is 0 Å². The Labute approximate surface area is 117 Å². The fourth-order valence-electron chi connectivity index (χ4n) is 1.20. The summed E-state index contributed by atoms with van der Waals surface area (Å²) in [5, 5.41) is 0.963. The van der Waals surface area contributed by atoms with Crippen molar-refractivity contribution in [1.29, 1.82) is 0 Å². The lowest BCUT2D eigenvalue weighted by Crippen LogP contribution is -1.90. The highest BCUT2D eigenvalue weighted by molar-refractivity contribution is 9.10. The van der Waals surface area contributed by atoms with Gasteiger partial charge in [-0.15, -0.1) is 0 Å². The number of benzene rings is 1. The molecule has 0 saturated carbocycles. The van der Waals surface area contributed by atoms with Crippen LogP contribution in [0.4, 0.5) is 5.69 Å². The van der Waals surface area contributed by atoms with E-state index in [0.717, 1.165) is 0 Å². The maximum Gasteiger partial charge on any atom is 0.147 e. The number of pyridine rings is 1. The summed E-state index contributed by atoms with van der Waals surface area (Å²) in [6.07, 6.45) is 3.08. The molecule has 88 valence electrons. The first-order valence-corrected chi connectivity index (χ1v) is 6.14. The molecule has 0 aliphatic carbocycles. The lowest BCUT2D eigenvalue weighted by atomic mass is 10.3. The van der Waals surface area contributed by atoms with Crippen molar-refractivity contribution < 1.29 is 4.74 Å². The largest absolute Gasteiger partial charge is 0.454 e. The number of ether oxygens (including phenoxy) is 1. The van der Waals surface area contributed by atoms with Crippen LogP contribution in [0.25, 0.3) is 0 Å². The molecule has 0 amide bonds. The van der Waals surface area contributed by atoms with E-state index >= 15 is 0 Å². The summed E-state index contributed by atoms with van der Waals surface area (Å²) in [6, 6.07) is 4.94. The maximum atomic E-state index is 6.03. The van der Waals surface area contributed by atoms with Crippen molar-refractivity contribution >= 4 is 44.8 Å². The summed E-state index contributed by atoms with van der Waals surface area (Å²) < 4.78 is 6.26. The molecule has 1 aromatic carbocycles. The number of hydrogen-bond acceptors (Lipinski definition) is 3. The van der Waals surface area contributed by atoms with Crippen molar-refractivity contribution in [2.24, 2.45) is 0 Å². The Balaban J connectivity index is 2.33. The van der Waals surface area contributed by atoms with Crippen LogP contribution in [0.1, 0.15) is 0 Å². The Kier molecular flexibility index (Phi) is 3.76. The first-order chi connectivity index (χ1) is 8.06. The topological polar surface area (TPSA) is 48.1 Å². The Morgan fingerprint density at radius 3 is 2.59 bits per heavy atom. The summed E-state index contributed by atoms with van der Waals surface area (Å²) in [5.41, 5.74) is 6.11. The van der Waals surface area contributed by atoms with Gasteiger partial charge in [-0.05, 0) is 22.0 Å². The van der Waals surface area contributed by atoms with E-state index in [2.05, 4.69) is 20.9 Å². The number of nitrogens with two attached hydrogens (primary N) is 1. The Morgan fingerprint density at radius 1 is 1.12 bits per heavy atom. The number of hydrogen-bond donors (Lipinski definition) is 1. The Hall–Kier alpha value is -0.970. The first kappa shape index (κ1) is 12.5. The molecule has 0 radical (unpaired) electrons. The van der Waals surface area contributed by atoms with Crippen LogP contribution in [0.3, 0.4) is 0 Å². The molecule has 2 rings (SSSR count). The quantitative estimate of drug-likeness (QED) is 0.821. The van der Waals surface area contributed by atoms with Crippen molar-refractivity contribution in [3.05, 3.63) is 45.1 Å². The molecule has 0 unspecified atom stereocenters. The smallest absolute Gasteiger partial charge is 0.147 e. The molecule has 0 bridgehead atoms. The summed E-state index contributed by atoms with van der Waals surface area (Å²) in [6.45, 7) is 0. The van der Waals surface area contributed by atoms with E-state index in [4.69, 9.17) is 33.7 Å². The molecule has 6 heteroatoms. The van der Waals surface area contributed by atoms with E-state index in [1.54, 1.807) is 24.4 Å². The standard InChI is InChI=1S/C11H7BrCl2N2O/c12-8-2-10(14)11(3-9(8)13)17-7-1-6(15)4-16-5-7/h1-5H,15H2. The predicted molar refractivity (Wildman–Crippen MR) is 72.9 cm³/mol. The van der Waals surface area contributed by atoms with Crippen molar-refractivity contribution in [2.75, 3.05) is 5.73 Å². The number of halogens is 3. The molecule has 0 atom stereocenters. The molecule has 2 aromatic rings. The summed E-state index contributed by atoms with van der Waals surface area (Å²) in [4.78, 5) is 3.91. The van der Waals surface area contributed by atoms with E-state index in [1.165, 1.54) is 6.20 Å². The molecule has 0 fully saturated rings. The van der Waals surface area contributed by atoms with Gasteiger partial charge in [0, 0.05) is 16.6 Å². The van der Waals surface area contributed by atoms with Crippen LogP contribution in [-0.2, 0) is 0 Å². The van der Waals surface area contributed by atoms with Crippen LogP contribution in [0.15, 0.2) is 35.1 Å². The highest BCUT2D eigenvalue weighted by Crippen LogP contribution is 2.36. The predicted octanol–water partition coefficient (Wildman–Crippen LogP) is 4.53. The van der Waals surface area contributed by atoms with Gasteiger partial charge in [0.25, 0.3) is 0 Å². The second kappa shape index (κ2) is 5.12. The molecular weight excluding hydrogens is 327 g/mol. The molecule has 2 N–H and O–H groups in total. The van der Waals surface area contributed by atoms with Crippen LogP contribution in [-0.4, -0.2) is 4.98 Å². The summed E-state index contributed by atoms with van der Waals surface area (Å²) >= 11 is 15.3. The molecule has 3 nitrogen and oxygen atoms in total. The van der Waals surface area contributed by atoms with Crippen molar-refractivity contribution in [2.45, 2.75) is 0 Å². The van der Waals surface area contributed by atoms with E-state index in [1.807, 2.05) is 0 Å². The van der Waals surface area contributed by atoms with Gasteiger partial charge in [0.1, 0.15) is 11.5 Å². The maximum absolute atomic E-state index is 6.03. The lowest BCUT2D eigenvalue weighted by molar-refractivity contribution is 0.481. The number of anilines is 1. The molecule has 0 spiro atoms. The van der Waals surface area contributed by atoms with Crippen LogP contribution in [0.2, 0.25) is 10.0 Å². The normalized spacial score (nSPS) is 10.3. The van der Waals surface area contributed by atoms with Crippen molar-refractivity contribution in [3.8, 4) is 11.5 Å². The average Bonchev–Trinajstić information content (AvgIpc) is 2.26. The number of aromatic nitrogens is 1. The monoisotopic (exact) mass is 332 g/mol. The number of rotatable bonds is 2. The molecule has 1 heterocycles. The van der Waals surface area contributed by atoms with Gasteiger partial charge in [-0.3, -0.25) is 4.98 Å². The fraction of sp³-hybridized carbons (Fsp3) is 0. The Bertz CT molecular complexity index is 563. The second-order valence-electron chi connectivity index (χ2n) is 3.25. The van der Waals surface area contributed by atoms with Gasteiger partial charge in [0.05, 0.1) is 28.1 Å². The lowest BCUT2D eigenvalue weighted by Gasteiger charge is -2.08. The van der Waals surface area contributed by atoms with Crippen LogP contribution >= 0.6 is 39.1 Å². The second-order valence-corrected chi connectivity index (χ2v) is 4.92. The third-order valence-electron chi connectivity index (χ3n) is 1.94. The third kappa shape index (κ3) is 3.03. The highest BCUT2D eigenvalue weighted by Gasteiger charge is 2.08. The molecular formula is C11H7BrCl2N2O. The minimum absolute atomic E-state index is 0.448. The molecule has 0 aliphatic heterocycles. The van der Waals surface area contributed by atoms with Gasteiger partial charge < -0.3 is 10.5 Å². The fourth-order valence-corrected chi connectivity index (χ4v) is 2.03. The highest BCUT2D eigenvalue weighted by atomic mass is 79.9. The first-order valence-electron chi connectivity index (χ1n) is 4.59. The van der Waals surface area contributed by atoms with Crippen LogP contribution in [0.5, 0.6) is 11.5 Å². The van der Waals surface area contributed by atoms with Crippen LogP contribution in [0, 0.1) is 0 Å². The molecule has 17 heavy (non-hydrogen) atoms. The van der Waals surface area contributed by atoms with E-state index < -0.39 is 0 Å². The van der Waals surface area contributed by atoms with Gasteiger partial charge in [0.2, 0.25) is 0 Å². The number of nitrogens with zero attached hydrogens (tertiary/aromatic N) is 1. The minimum Gasteiger partial charge on any atom is -0.454 e. The van der Waals surface area contributed by atoms with E-state index in [0.29, 0.717) is 31.7 Å². The summed E-state index contributed by atoms with van der Waals surface area (Å²) in [7, 11) is 0. The molecule has 1 aromatic heterocycles. The molecule has 0 aliphatic rings. The third-order valence-corrected chi connectivity index (χ3v) is 3.43. The zero-order chi connectivity index (χ0) is 12.4. The summed E-state index contributed by atoms with van der Waals surface area (Å²) in [5.74, 6) is 0.956. The zero-order valence-corrected chi connectivity index (χ0v) is 11.6. The van der Waals surface area contributed by atoms with Gasteiger partial charge in [-0.2, -0.15) is 0 Å². The minimum atomic E-state index is 0.448. The Morgan fingerprint density at radius 2 is 1.88 bits per heavy atom. The van der Waals surface area contributed by atoms with Crippen molar-refractivity contribution in [3.63, 3.8) is 0 Å². The van der Waals surface area contributed by atoms with E-state index in [9.17, 15) is 0 Å². The SMILES string of the molecule is Nc1cncc(Oc2cc(Cl)c(Br)cc2Cl)c1. The van der Waals surface area contributed by atoms with Crippen molar-refractivity contribution in [1.82, 2.24) is 4.98 Å². The van der Waals surface area contributed by atoms with Gasteiger partial charge in [-0.1, -0.05) is 23.2 Å². The van der Waals surface area contributed by atoms with Gasteiger partial charge in [0.15, 0.2) is 0 Å². The zero-order valence-electron chi connectivity index (χ0n) is 8.45. The molecule has 0 saturated heterocycles. The number of nitrogen functional groups attached to an aromatic ring is 1. The van der Waals surface area contributed by atoms with E-state index in [-0.39, 0.29) is 0 Å².